The Bertz CT molecular complexity index is 1830. The van der Waals surface area contributed by atoms with Crippen molar-refractivity contribution in [2.75, 3.05) is 5.32 Å². The summed E-state index contributed by atoms with van der Waals surface area (Å²) in [6, 6.07) is 10.4. The van der Waals surface area contributed by atoms with E-state index in [4.69, 9.17) is 0 Å². The second-order valence-corrected chi connectivity index (χ2v) is 11.5. The Balaban J connectivity index is 1.22. The van der Waals surface area contributed by atoms with Crippen LogP contribution in [0, 0.1) is 12.8 Å². The van der Waals surface area contributed by atoms with Gasteiger partial charge in [-0.1, -0.05) is 19.3 Å². The minimum atomic E-state index is 0.0877. The molecular formula is C30H27N7OS. The number of nitrogens with zero attached hydrogens (tertiary/aromatic N) is 4. The Morgan fingerprint density at radius 1 is 0.949 bits per heavy atom. The summed E-state index contributed by atoms with van der Waals surface area (Å²) in [5, 5.41) is 12.7. The molecule has 194 valence electrons. The fourth-order valence-corrected chi connectivity index (χ4v) is 6.39. The van der Waals surface area contributed by atoms with Gasteiger partial charge < -0.3 is 10.3 Å². The van der Waals surface area contributed by atoms with Gasteiger partial charge in [-0.2, -0.15) is 5.10 Å². The lowest BCUT2D eigenvalue weighted by atomic mass is 9.88. The van der Waals surface area contributed by atoms with Crippen molar-refractivity contribution in [3.8, 4) is 33.0 Å². The first-order chi connectivity index (χ1) is 19.1. The van der Waals surface area contributed by atoms with E-state index in [1.807, 2.05) is 18.5 Å². The molecule has 8 nitrogen and oxygen atoms in total. The van der Waals surface area contributed by atoms with E-state index in [-0.39, 0.29) is 11.8 Å². The van der Waals surface area contributed by atoms with Gasteiger partial charge in [0.25, 0.3) is 0 Å². The number of carbonyl (C=O) groups excluding carboxylic acids is 1. The summed E-state index contributed by atoms with van der Waals surface area (Å²) in [4.78, 5) is 32.2. The molecule has 6 aromatic heterocycles. The SMILES string of the molecule is Cc1ccc(-c2cncc3[nH]c(-c4[nH]nc5ncc(-c6cncc(NC(=O)C7CCCCC7)c6)cc45)cc23)s1. The van der Waals surface area contributed by atoms with Gasteiger partial charge in [0.05, 0.1) is 35.0 Å². The van der Waals surface area contributed by atoms with Crippen LogP contribution in [-0.4, -0.2) is 36.0 Å². The standard InChI is InChI=1S/C30H27N7OS/c1-17-7-8-27(39-17)24-15-32-16-26-22(24)11-25(35-26)28-23-10-20(13-33-29(23)37-36-28)19-9-21(14-31-12-19)34-30(38)18-5-3-2-4-6-18/h7-16,18,35H,2-6H2,1H3,(H,34,38)(H,33,36,37). The Morgan fingerprint density at radius 2 is 1.79 bits per heavy atom. The van der Waals surface area contributed by atoms with Gasteiger partial charge in [-0.25, -0.2) is 4.98 Å². The average molecular weight is 534 g/mol. The Labute approximate surface area is 228 Å². The average Bonchev–Trinajstić information content (AvgIpc) is 3.71. The monoisotopic (exact) mass is 533 g/mol. The molecule has 9 heteroatoms. The molecule has 0 bridgehead atoms. The third-order valence-corrected chi connectivity index (χ3v) is 8.58. The maximum absolute atomic E-state index is 12.8. The first kappa shape index (κ1) is 23.7. The minimum absolute atomic E-state index is 0.0877. The van der Waals surface area contributed by atoms with Gasteiger partial charge in [-0.05, 0) is 50.1 Å². The van der Waals surface area contributed by atoms with E-state index in [9.17, 15) is 4.79 Å². The molecule has 0 atom stereocenters. The van der Waals surface area contributed by atoms with Crippen molar-refractivity contribution in [1.29, 1.82) is 0 Å². The maximum atomic E-state index is 12.8. The number of anilines is 1. The summed E-state index contributed by atoms with van der Waals surface area (Å²) in [5.74, 6) is 0.175. The molecule has 0 radical (unpaired) electrons. The number of aromatic amines is 2. The van der Waals surface area contributed by atoms with E-state index in [2.05, 4.69) is 66.6 Å². The van der Waals surface area contributed by atoms with Crippen molar-refractivity contribution >= 4 is 44.9 Å². The second kappa shape index (κ2) is 9.74. The predicted octanol–water partition coefficient (Wildman–Crippen LogP) is 7.12. The quantitative estimate of drug-likeness (QED) is 0.218. The molecule has 1 fully saturated rings. The van der Waals surface area contributed by atoms with Crippen molar-refractivity contribution < 1.29 is 4.79 Å². The Morgan fingerprint density at radius 3 is 2.64 bits per heavy atom. The van der Waals surface area contributed by atoms with E-state index in [0.717, 1.165) is 70.1 Å². The number of carbonyl (C=O) groups is 1. The fraction of sp³-hybridized carbons (Fsp3) is 0.233. The zero-order valence-electron chi connectivity index (χ0n) is 21.5. The highest BCUT2D eigenvalue weighted by molar-refractivity contribution is 7.15. The summed E-state index contributed by atoms with van der Waals surface area (Å²) in [6.45, 7) is 2.11. The van der Waals surface area contributed by atoms with E-state index < -0.39 is 0 Å². The summed E-state index contributed by atoms with van der Waals surface area (Å²) in [5.41, 5.74) is 6.97. The van der Waals surface area contributed by atoms with Crippen LogP contribution in [0.1, 0.15) is 37.0 Å². The molecule has 1 amide bonds. The highest BCUT2D eigenvalue weighted by Gasteiger charge is 2.21. The smallest absolute Gasteiger partial charge is 0.227 e. The van der Waals surface area contributed by atoms with Crippen molar-refractivity contribution in [3.63, 3.8) is 0 Å². The molecule has 1 aliphatic carbocycles. The van der Waals surface area contributed by atoms with Crippen molar-refractivity contribution in [2.24, 2.45) is 5.92 Å². The normalized spacial score (nSPS) is 14.3. The lowest BCUT2D eigenvalue weighted by molar-refractivity contribution is -0.120. The number of hydrogen-bond donors (Lipinski definition) is 3. The third kappa shape index (κ3) is 4.48. The summed E-state index contributed by atoms with van der Waals surface area (Å²) >= 11 is 1.76. The number of rotatable bonds is 5. The van der Waals surface area contributed by atoms with E-state index in [0.29, 0.717) is 11.3 Å². The lowest BCUT2D eigenvalue weighted by Crippen LogP contribution is -2.24. The lowest BCUT2D eigenvalue weighted by Gasteiger charge is -2.20. The van der Waals surface area contributed by atoms with E-state index >= 15 is 0 Å². The summed E-state index contributed by atoms with van der Waals surface area (Å²) in [6.07, 6.45) is 14.4. The van der Waals surface area contributed by atoms with Crippen LogP contribution >= 0.6 is 11.3 Å². The van der Waals surface area contributed by atoms with Crippen LogP contribution < -0.4 is 5.32 Å². The number of pyridine rings is 3. The molecule has 1 aliphatic rings. The summed E-state index contributed by atoms with van der Waals surface area (Å²) in [7, 11) is 0. The number of aromatic nitrogens is 6. The number of thiophene rings is 1. The van der Waals surface area contributed by atoms with Crippen LogP contribution in [0.5, 0.6) is 0 Å². The maximum Gasteiger partial charge on any atom is 0.227 e. The number of amides is 1. The third-order valence-electron chi connectivity index (χ3n) is 7.55. The summed E-state index contributed by atoms with van der Waals surface area (Å²) < 4.78 is 0. The zero-order valence-corrected chi connectivity index (χ0v) is 22.3. The Kier molecular flexibility index (Phi) is 5.93. The molecule has 3 N–H and O–H groups in total. The van der Waals surface area contributed by atoms with Crippen LogP contribution in [0.15, 0.2) is 61.3 Å². The van der Waals surface area contributed by atoms with Crippen molar-refractivity contribution in [3.05, 3.63) is 66.2 Å². The minimum Gasteiger partial charge on any atom is -0.352 e. The number of aryl methyl sites for hydroxylation is 1. The van der Waals surface area contributed by atoms with E-state index in [1.54, 1.807) is 29.9 Å². The highest BCUT2D eigenvalue weighted by atomic mass is 32.1. The number of hydrogen-bond acceptors (Lipinski definition) is 6. The van der Waals surface area contributed by atoms with Crippen LogP contribution in [-0.2, 0) is 4.79 Å². The van der Waals surface area contributed by atoms with Gasteiger partial charge >= 0.3 is 0 Å². The molecule has 7 rings (SSSR count). The van der Waals surface area contributed by atoms with Crippen molar-refractivity contribution in [2.45, 2.75) is 39.0 Å². The highest BCUT2D eigenvalue weighted by Crippen LogP contribution is 2.36. The molecule has 0 aliphatic heterocycles. The molecule has 6 heterocycles. The molecule has 0 saturated heterocycles. The molecule has 0 spiro atoms. The molecule has 1 saturated carbocycles. The molecule has 0 aromatic carbocycles. The zero-order chi connectivity index (χ0) is 26.3. The first-order valence-corrected chi connectivity index (χ1v) is 14.1. The van der Waals surface area contributed by atoms with Gasteiger partial charge in [0, 0.05) is 61.7 Å². The van der Waals surface area contributed by atoms with Crippen molar-refractivity contribution in [1.82, 2.24) is 30.1 Å². The van der Waals surface area contributed by atoms with Gasteiger partial charge in [0.15, 0.2) is 5.65 Å². The van der Waals surface area contributed by atoms with Crippen LogP contribution in [0.3, 0.4) is 0 Å². The van der Waals surface area contributed by atoms with Crippen LogP contribution in [0.2, 0.25) is 0 Å². The second-order valence-electron chi connectivity index (χ2n) is 10.2. The molecule has 6 aromatic rings. The van der Waals surface area contributed by atoms with Crippen LogP contribution in [0.25, 0.3) is 54.9 Å². The van der Waals surface area contributed by atoms with Gasteiger partial charge in [-0.3, -0.25) is 19.9 Å². The molecule has 0 unspecified atom stereocenters. The number of nitrogens with one attached hydrogen (secondary N) is 3. The molecule has 39 heavy (non-hydrogen) atoms. The predicted molar refractivity (Wildman–Crippen MR) is 155 cm³/mol. The fourth-order valence-electron chi connectivity index (χ4n) is 5.50. The topological polar surface area (TPSA) is 112 Å². The van der Waals surface area contributed by atoms with Gasteiger partial charge in [0.2, 0.25) is 5.91 Å². The van der Waals surface area contributed by atoms with Gasteiger partial charge in [-0.15, -0.1) is 11.3 Å². The number of H-pyrrole nitrogens is 2. The first-order valence-electron chi connectivity index (χ1n) is 13.3. The Hall–Kier alpha value is -4.37. The molecular weight excluding hydrogens is 506 g/mol. The number of fused-ring (bicyclic) bond motifs is 2. The van der Waals surface area contributed by atoms with Gasteiger partial charge in [0.1, 0.15) is 0 Å². The van der Waals surface area contributed by atoms with Crippen LogP contribution in [0.4, 0.5) is 5.69 Å². The largest absolute Gasteiger partial charge is 0.352 e. The van der Waals surface area contributed by atoms with E-state index in [1.165, 1.54) is 16.2 Å².